The fourth-order valence-electron chi connectivity index (χ4n) is 3.81. The van der Waals surface area contributed by atoms with Gasteiger partial charge >= 0.3 is 0 Å². The van der Waals surface area contributed by atoms with Gasteiger partial charge in [0.05, 0.1) is 11.4 Å². The standard InChI is InChI=1S/C21H22FN3O.C4H6N2/c1-12-4-5-16(18(22)10-12)17-11-19(15-6-8-26-9-7-15)25-21-20(17)23-13(2)14(3)24-21;1-6-4-2-3-5-6/h4-5,10-11,15H,6-9H2,1-3H3;2-4H,1H3. The van der Waals surface area contributed by atoms with Crippen LogP contribution in [0.4, 0.5) is 4.39 Å². The average molecular weight is 434 g/mol. The maximum absolute atomic E-state index is 14.7. The van der Waals surface area contributed by atoms with Gasteiger partial charge in [0.2, 0.25) is 0 Å². The highest BCUT2D eigenvalue weighted by Crippen LogP contribution is 2.34. The summed E-state index contributed by atoms with van der Waals surface area (Å²) in [5.41, 5.74) is 6.11. The quantitative estimate of drug-likeness (QED) is 0.442. The molecule has 0 N–H and O–H groups in total. The van der Waals surface area contributed by atoms with Crippen LogP contribution in [-0.2, 0) is 11.8 Å². The van der Waals surface area contributed by atoms with Gasteiger partial charge in [-0.15, -0.1) is 0 Å². The molecule has 0 atom stereocenters. The van der Waals surface area contributed by atoms with Gasteiger partial charge < -0.3 is 4.74 Å². The Morgan fingerprint density at radius 1 is 0.969 bits per heavy atom. The number of aryl methyl sites for hydroxylation is 4. The van der Waals surface area contributed by atoms with Crippen LogP contribution in [0.2, 0.25) is 0 Å². The van der Waals surface area contributed by atoms with Crippen LogP contribution in [0.5, 0.6) is 0 Å². The van der Waals surface area contributed by atoms with Crippen LogP contribution < -0.4 is 0 Å². The molecule has 0 unspecified atom stereocenters. The molecular formula is C25H28FN5O. The van der Waals surface area contributed by atoms with Crippen LogP contribution in [0.15, 0.2) is 42.7 Å². The molecule has 5 rings (SSSR count). The van der Waals surface area contributed by atoms with E-state index in [-0.39, 0.29) is 5.82 Å². The molecule has 0 saturated carbocycles. The van der Waals surface area contributed by atoms with Crippen molar-refractivity contribution in [3.63, 3.8) is 0 Å². The predicted molar refractivity (Wildman–Crippen MR) is 123 cm³/mol. The second-order valence-electron chi connectivity index (χ2n) is 8.21. The van der Waals surface area contributed by atoms with Gasteiger partial charge in [0, 0.05) is 55.4 Å². The molecule has 0 radical (unpaired) electrons. The molecule has 4 heterocycles. The van der Waals surface area contributed by atoms with E-state index in [9.17, 15) is 4.39 Å². The normalized spacial score (nSPS) is 14.3. The molecule has 1 fully saturated rings. The Morgan fingerprint density at radius 3 is 2.34 bits per heavy atom. The summed E-state index contributed by atoms with van der Waals surface area (Å²) in [6, 6.07) is 9.19. The summed E-state index contributed by atoms with van der Waals surface area (Å²) in [7, 11) is 1.89. The molecule has 0 bridgehead atoms. The van der Waals surface area contributed by atoms with Gasteiger partial charge in [0.15, 0.2) is 5.65 Å². The number of pyridine rings is 1. The van der Waals surface area contributed by atoms with E-state index >= 15 is 0 Å². The number of fused-ring (bicyclic) bond motifs is 1. The van der Waals surface area contributed by atoms with Crippen LogP contribution in [0, 0.1) is 26.6 Å². The topological polar surface area (TPSA) is 65.7 Å². The zero-order valence-corrected chi connectivity index (χ0v) is 19.0. The highest BCUT2D eigenvalue weighted by atomic mass is 19.1. The summed E-state index contributed by atoms with van der Waals surface area (Å²) in [5.74, 6) is 0.0688. The van der Waals surface area contributed by atoms with Gasteiger partial charge in [-0.25, -0.2) is 19.3 Å². The lowest BCUT2D eigenvalue weighted by Gasteiger charge is -2.22. The molecule has 1 saturated heterocycles. The first kappa shape index (κ1) is 22.0. The van der Waals surface area contributed by atoms with Crippen molar-refractivity contribution < 1.29 is 9.13 Å². The number of benzene rings is 1. The number of aromatic nitrogens is 5. The van der Waals surface area contributed by atoms with Crippen LogP contribution in [0.1, 0.15) is 41.4 Å². The van der Waals surface area contributed by atoms with Crippen molar-refractivity contribution in [2.75, 3.05) is 13.2 Å². The zero-order chi connectivity index (χ0) is 22.7. The van der Waals surface area contributed by atoms with E-state index in [0.717, 1.165) is 54.3 Å². The molecular weight excluding hydrogens is 405 g/mol. The Balaban J connectivity index is 0.000000354. The molecule has 32 heavy (non-hydrogen) atoms. The Hall–Kier alpha value is -3.19. The SMILES string of the molecule is Cc1ccc(-c2cc(C3CCOCC3)nc3nc(C)c(C)nc23)c(F)c1.Cn1cccn1. The van der Waals surface area contributed by atoms with Gasteiger partial charge in [-0.2, -0.15) is 5.10 Å². The van der Waals surface area contributed by atoms with Crippen LogP contribution >= 0.6 is 0 Å². The van der Waals surface area contributed by atoms with Crippen LogP contribution in [0.25, 0.3) is 22.3 Å². The van der Waals surface area contributed by atoms with Gasteiger partial charge in [-0.3, -0.25) is 4.68 Å². The summed E-state index contributed by atoms with van der Waals surface area (Å²) in [6.07, 6.45) is 5.49. The number of nitrogens with zero attached hydrogens (tertiary/aromatic N) is 5. The van der Waals surface area contributed by atoms with Gasteiger partial charge in [0.1, 0.15) is 11.3 Å². The third-order valence-electron chi connectivity index (χ3n) is 5.76. The highest BCUT2D eigenvalue weighted by Gasteiger charge is 2.21. The van der Waals surface area contributed by atoms with Crippen molar-refractivity contribution >= 4 is 11.2 Å². The monoisotopic (exact) mass is 433 g/mol. The summed E-state index contributed by atoms with van der Waals surface area (Å²) in [5, 5.41) is 3.83. The lowest BCUT2D eigenvalue weighted by Crippen LogP contribution is -2.15. The van der Waals surface area contributed by atoms with E-state index in [1.165, 1.54) is 0 Å². The highest BCUT2D eigenvalue weighted by molar-refractivity contribution is 5.90. The van der Waals surface area contributed by atoms with Crippen molar-refractivity contribution in [2.24, 2.45) is 7.05 Å². The average Bonchev–Trinajstić information content (AvgIpc) is 3.26. The van der Waals surface area contributed by atoms with Crippen LogP contribution in [0.3, 0.4) is 0 Å². The summed E-state index contributed by atoms with van der Waals surface area (Å²) in [6.45, 7) is 7.20. The van der Waals surface area contributed by atoms with E-state index in [0.29, 0.717) is 22.6 Å². The molecule has 0 aliphatic carbocycles. The third kappa shape index (κ3) is 4.83. The minimum atomic E-state index is -0.240. The van der Waals surface area contributed by atoms with Gasteiger partial charge in [-0.1, -0.05) is 12.1 Å². The van der Waals surface area contributed by atoms with E-state index in [1.807, 2.05) is 58.3 Å². The molecule has 1 aromatic carbocycles. The number of ether oxygens (including phenoxy) is 1. The third-order valence-corrected chi connectivity index (χ3v) is 5.76. The molecule has 166 valence electrons. The maximum Gasteiger partial charge on any atom is 0.179 e. The van der Waals surface area contributed by atoms with Crippen molar-refractivity contribution in [2.45, 2.75) is 39.5 Å². The fourth-order valence-corrected chi connectivity index (χ4v) is 3.81. The summed E-state index contributed by atoms with van der Waals surface area (Å²) >= 11 is 0. The first-order chi connectivity index (χ1) is 15.4. The van der Waals surface area contributed by atoms with Gasteiger partial charge in [0.25, 0.3) is 0 Å². The molecule has 0 amide bonds. The van der Waals surface area contributed by atoms with Crippen molar-refractivity contribution in [3.8, 4) is 11.1 Å². The first-order valence-corrected chi connectivity index (χ1v) is 10.9. The van der Waals surface area contributed by atoms with E-state index in [2.05, 4.69) is 15.1 Å². The minimum Gasteiger partial charge on any atom is -0.381 e. The molecule has 6 nitrogen and oxygen atoms in total. The Morgan fingerprint density at radius 2 is 1.72 bits per heavy atom. The van der Waals surface area contributed by atoms with Crippen molar-refractivity contribution in [1.29, 1.82) is 0 Å². The minimum absolute atomic E-state index is 0.240. The number of rotatable bonds is 2. The van der Waals surface area contributed by atoms with Crippen molar-refractivity contribution in [3.05, 3.63) is 71.2 Å². The molecule has 7 heteroatoms. The van der Waals surface area contributed by atoms with Crippen LogP contribution in [-0.4, -0.2) is 37.9 Å². The number of halogens is 1. The Kier molecular flexibility index (Phi) is 6.55. The van der Waals surface area contributed by atoms with E-state index in [1.54, 1.807) is 16.9 Å². The lowest BCUT2D eigenvalue weighted by molar-refractivity contribution is 0.0845. The maximum atomic E-state index is 14.7. The predicted octanol–water partition coefficient (Wildman–Crippen LogP) is 5.07. The molecule has 0 spiro atoms. The molecule has 3 aromatic heterocycles. The summed E-state index contributed by atoms with van der Waals surface area (Å²) in [4.78, 5) is 14.1. The Bertz CT molecular complexity index is 1220. The number of hydrogen-bond donors (Lipinski definition) is 0. The fraction of sp³-hybridized carbons (Fsp3) is 0.360. The molecule has 1 aliphatic heterocycles. The smallest absolute Gasteiger partial charge is 0.179 e. The summed E-state index contributed by atoms with van der Waals surface area (Å²) < 4.78 is 22.0. The zero-order valence-electron chi connectivity index (χ0n) is 19.0. The first-order valence-electron chi connectivity index (χ1n) is 10.9. The Labute approximate surface area is 187 Å². The second-order valence-corrected chi connectivity index (χ2v) is 8.21. The lowest BCUT2D eigenvalue weighted by atomic mass is 9.93. The van der Waals surface area contributed by atoms with Crippen molar-refractivity contribution in [1.82, 2.24) is 24.7 Å². The second kappa shape index (κ2) is 9.53. The van der Waals surface area contributed by atoms with E-state index < -0.39 is 0 Å². The number of hydrogen-bond acceptors (Lipinski definition) is 5. The van der Waals surface area contributed by atoms with Gasteiger partial charge in [-0.05, 0) is 57.4 Å². The largest absolute Gasteiger partial charge is 0.381 e. The molecule has 1 aliphatic rings. The van der Waals surface area contributed by atoms with E-state index in [4.69, 9.17) is 9.72 Å². The molecule has 4 aromatic rings.